The number of carbonyl (C=O) groups excluding carboxylic acids is 2. The highest BCUT2D eigenvalue weighted by Gasteiger charge is 2.34. The molecule has 1 fully saturated rings. The molecule has 1 atom stereocenters. The first-order valence-electron chi connectivity index (χ1n) is 5.90. The fourth-order valence-corrected chi connectivity index (χ4v) is 2.95. The molecular weight excluding hydrogens is 264 g/mol. The molecule has 1 aliphatic rings. The minimum absolute atomic E-state index is 0.0373. The summed E-state index contributed by atoms with van der Waals surface area (Å²) >= 11 is 1.59. The van der Waals surface area contributed by atoms with Crippen molar-refractivity contribution in [1.29, 1.82) is 0 Å². The molecule has 5 nitrogen and oxygen atoms in total. The molecule has 2 amide bonds. The lowest BCUT2D eigenvalue weighted by Crippen LogP contribution is -2.46. The van der Waals surface area contributed by atoms with Crippen molar-refractivity contribution in [3.8, 4) is 0 Å². The number of hydrogen-bond acceptors (Lipinski definition) is 4. The van der Waals surface area contributed by atoms with E-state index >= 15 is 0 Å². The molecule has 0 aromatic carbocycles. The third-order valence-corrected chi connectivity index (χ3v) is 3.84. The monoisotopic (exact) mass is 280 g/mol. The van der Waals surface area contributed by atoms with Gasteiger partial charge in [0.15, 0.2) is 0 Å². The summed E-state index contributed by atoms with van der Waals surface area (Å²) in [4.78, 5) is 27.2. The average molecular weight is 280 g/mol. The summed E-state index contributed by atoms with van der Waals surface area (Å²) in [6.07, 6.45) is 4.61. The SMILES string of the molecule is CN(C)C(=O)C1CSCN1C(=O)C=Cc1ccco1. The Labute approximate surface area is 116 Å². The van der Waals surface area contributed by atoms with Crippen molar-refractivity contribution in [1.82, 2.24) is 9.80 Å². The fraction of sp³-hybridized carbons (Fsp3) is 0.385. The number of hydrogen-bond donors (Lipinski definition) is 0. The van der Waals surface area contributed by atoms with Crippen molar-refractivity contribution >= 4 is 29.7 Å². The van der Waals surface area contributed by atoms with E-state index < -0.39 is 0 Å². The van der Waals surface area contributed by atoms with Gasteiger partial charge in [-0.05, 0) is 18.2 Å². The lowest BCUT2D eigenvalue weighted by molar-refractivity contribution is -0.139. The number of rotatable bonds is 3. The van der Waals surface area contributed by atoms with Crippen LogP contribution in [0.4, 0.5) is 0 Å². The van der Waals surface area contributed by atoms with Crippen molar-refractivity contribution in [3.63, 3.8) is 0 Å². The molecule has 1 aromatic rings. The first-order chi connectivity index (χ1) is 9.09. The molecule has 2 rings (SSSR count). The van der Waals surface area contributed by atoms with E-state index in [9.17, 15) is 9.59 Å². The van der Waals surface area contributed by atoms with E-state index in [4.69, 9.17) is 4.42 Å². The highest BCUT2D eigenvalue weighted by Crippen LogP contribution is 2.22. The topological polar surface area (TPSA) is 53.8 Å². The molecular formula is C13H16N2O3S. The molecule has 1 aromatic heterocycles. The Kier molecular flexibility index (Phi) is 4.31. The van der Waals surface area contributed by atoms with Gasteiger partial charge in [-0.3, -0.25) is 9.59 Å². The standard InChI is InChI=1S/C13H16N2O3S/c1-14(2)13(17)11-8-19-9-15(11)12(16)6-5-10-4-3-7-18-10/h3-7,11H,8-9H2,1-2H3. The third-order valence-electron chi connectivity index (χ3n) is 2.82. The van der Waals surface area contributed by atoms with Gasteiger partial charge in [-0.25, -0.2) is 0 Å². The van der Waals surface area contributed by atoms with Crippen LogP contribution < -0.4 is 0 Å². The molecule has 0 saturated carbocycles. The zero-order valence-corrected chi connectivity index (χ0v) is 11.7. The molecule has 1 saturated heterocycles. The van der Waals surface area contributed by atoms with Crippen LogP contribution in [0.5, 0.6) is 0 Å². The Hall–Kier alpha value is -1.69. The van der Waals surface area contributed by atoms with Gasteiger partial charge < -0.3 is 14.2 Å². The molecule has 1 unspecified atom stereocenters. The maximum Gasteiger partial charge on any atom is 0.248 e. The summed E-state index contributed by atoms with van der Waals surface area (Å²) in [5, 5.41) is 0. The number of likely N-dealkylation sites (N-methyl/N-ethyl adjacent to an activating group) is 1. The van der Waals surface area contributed by atoms with Gasteiger partial charge >= 0.3 is 0 Å². The Morgan fingerprint density at radius 2 is 2.32 bits per heavy atom. The van der Waals surface area contributed by atoms with E-state index in [-0.39, 0.29) is 17.9 Å². The fourth-order valence-electron chi connectivity index (χ4n) is 1.80. The average Bonchev–Trinajstić information content (AvgIpc) is 3.05. The van der Waals surface area contributed by atoms with E-state index in [0.717, 1.165) is 0 Å². The van der Waals surface area contributed by atoms with Crippen LogP contribution in [0.15, 0.2) is 28.9 Å². The van der Waals surface area contributed by atoms with Gasteiger partial charge in [0, 0.05) is 25.9 Å². The summed E-state index contributed by atoms with van der Waals surface area (Å²) < 4.78 is 5.12. The maximum absolute atomic E-state index is 12.1. The zero-order valence-electron chi connectivity index (χ0n) is 10.9. The molecule has 0 radical (unpaired) electrons. The zero-order chi connectivity index (χ0) is 13.8. The van der Waals surface area contributed by atoms with Gasteiger partial charge in [-0.15, -0.1) is 11.8 Å². The van der Waals surface area contributed by atoms with E-state index in [1.165, 1.54) is 11.0 Å². The Morgan fingerprint density at radius 3 is 2.95 bits per heavy atom. The molecule has 19 heavy (non-hydrogen) atoms. The van der Waals surface area contributed by atoms with Crippen LogP contribution in [-0.2, 0) is 9.59 Å². The van der Waals surface area contributed by atoms with Gasteiger partial charge in [0.2, 0.25) is 11.8 Å². The normalized spacial score (nSPS) is 19.1. The lowest BCUT2D eigenvalue weighted by atomic mass is 10.2. The number of carbonyl (C=O) groups is 2. The predicted molar refractivity (Wildman–Crippen MR) is 74.4 cm³/mol. The van der Waals surface area contributed by atoms with Crippen LogP contribution >= 0.6 is 11.8 Å². The number of thioether (sulfide) groups is 1. The molecule has 0 spiro atoms. The highest BCUT2D eigenvalue weighted by atomic mass is 32.2. The van der Waals surface area contributed by atoms with Crippen molar-refractivity contribution in [2.45, 2.75) is 6.04 Å². The summed E-state index contributed by atoms with van der Waals surface area (Å²) in [5.41, 5.74) is 0. The second-order valence-electron chi connectivity index (χ2n) is 4.41. The first-order valence-corrected chi connectivity index (χ1v) is 7.06. The van der Waals surface area contributed by atoms with Crippen molar-refractivity contribution < 1.29 is 14.0 Å². The molecule has 102 valence electrons. The van der Waals surface area contributed by atoms with Crippen molar-refractivity contribution in [3.05, 3.63) is 30.2 Å². The van der Waals surface area contributed by atoms with E-state index in [1.807, 2.05) is 0 Å². The van der Waals surface area contributed by atoms with Crippen LogP contribution in [0.3, 0.4) is 0 Å². The summed E-state index contributed by atoms with van der Waals surface area (Å²) in [7, 11) is 3.40. The largest absolute Gasteiger partial charge is 0.465 e. The first kappa shape index (κ1) is 13.7. The van der Waals surface area contributed by atoms with Crippen LogP contribution in [0.2, 0.25) is 0 Å². The Bertz CT molecular complexity index is 482. The highest BCUT2D eigenvalue weighted by molar-refractivity contribution is 7.99. The lowest BCUT2D eigenvalue weighted by Gasteiger charge is -2.24. The van der Waals surface area contributed by atoms with Crippen LogP contribution in [-0.4, -0.2) is 53.4 Å². The molecule has 0 N–H and O–H groups in total. The molecule has 0 aliphatic carbocycles. The number of furan rings is 1. The van der Waals surface area contributed by atoms with Crippen LogP contribution in [0, 0.1) is 0 Å². The molecule has 2 heterocycles. The van der Waals surface area contributed by atoms with Crippen LogP contribution in [0.25, 0.3) is 6.08 Å². The molecule has 0 bridgehead atoms. The third kappa shape index (κ3) is 3.20. The number of amides is 2. The minimum atomic E-state index is -0.367. The predicted octanol–water partition coefficient (Wildman–Crippen LogP) is 1.28. The Morgan fingerprint density at radius 1 is 1.53 bits per heavy atom. The van der Waals surface area contributed by atoms with Gasteiger partial charge in [-0.1, -0.05) is 0 Å². The van der Waals surface area contributed by atoms with E-state index in [0.29, 0.717) is 17.4 Å². The van der Waals surface area contributed by atoms with E-state index in [2.05, 4.69) is 0 Å². The number of nitrogens with zero attached hydrogens (tertiary/aromatic N) is 2. The summed E-state index contributed by atoms with van der Waals surface area (Å²) in [5.74, 6) is 1.62. The van der Waals surface area contributed by atoms with Gasteiger partial charge in [-0.2, -0.15) is 0 Å². The molecule has 6 heteroatoms. The summed E-state index contributed by atoms with van der Waals surface area (Å²) in [6, 6.07) is 3.16. The van der Waals surface area contributed by atoms with Crippen LogP contribution in [0.1, 0.15) is 5.76 Å². The minimum Gasteiger partial charge on any atom is -0.465 e. The van der Waals surface area contributed by atoms with Crippen molar-refractivity contribution in [2.75, 3.05) is 25.7 Å². The summed E-state index contributed by atoms with van der Waals surface area (Å²) in [6.45, 7) is 0. The maximum atomic E-state index is 12.1. The van der Waals surface area contributed by atoms with E-state index in [1.54, 1.807) is 55.2 Å². The smallest absolute Gasteiger partial charge is 0.248 e. The van der Waals surface area contributed by atoms with Crippen molar-refractivity contribution in [2.24, 2.45) is 0 Å². The Balaban J connectivity index is 2.04. The molecule has 1 aliphatic heterocycles. The quantitative estimate of drug-likeness (QED) is 0.783. The second-order valence-corrected chi connectivity index (χ2v) is 5.40. The van der Waals surface area contributed by atoms with Gasteiger partial charge in [0.1, 0.15) is 11.8 Å². The van der Waals surface area contributed by atoms with Gasteiger partial charge in [0.25, 0.3) is 0 Å². The van der Waals surface area contributed by atoms with Gasteiger partial charge in [0.05, 0.1) is 12.1 Å². The second kappa shape index (κ2) is 5.97.